The zero-order valence-electron chi connectivity index (χ0n) is 20.5. The minimum Gasteiger partial charge on any atom is -0.339 e. The Bertz CT molecular complexity index is 1300. The van der Waals surface area contributed by atoms with Crippen molar-refractivity contribution >= 4 is 34.2 Å². The third kappa shape index (κ3) is 3.41. The van der Waals surface area contributed by atoms with Crippen molar-refractivity contribution in [3.05, 3.63) is 77.9 Å². The molecule has 1 spiro atoms. The van der Waals surface area contributed by atoms with Crippen molar-refractivity contribution in [2.75, 3.05) is 44.3 Å². The molecule has 0 aliphatic carbocycles. The Kier molecular flexibility index (Phi) is 5.52. The first-order valence-corrected chi connectivity index (χ1v) is 12.8. The number of para-hydroxylation sites is 1. The van der Waals surface area contributed by atoms with E-state index in [0.29, 0.717) is 37.4 Å². The molecule has 3 aliphatic heterocycles. The van der Waals surface area contributed by atoms with Crippen molar-refractivity contribution < 1.29 is 14.4 Å². The number of piperidine rings is 1. The Morgan fingerprint density at radius 3 is 2.03 bits per heavy atom. The molecule has 7 heteroatoms. The molecular weight excluding hydrogens is 452 g/mol. The van der Waals surface area contributed by atoms with Gasteiger partial charge in [-0.1, -0.05) is 42.5 Å². The summed E-state index contributed by atoms with van der Waals surface area (Å²) in [6.45, 7) is 5.77. The van der Waals surface area contributed by atoms with E-state index in [-0.39, 0.29) is 17.7 Å². The van der Waals surface area contributed by atoms with E-state index in [1.165, 1.54) is 4.90 Å². The largest absolute Gasteiger partial charge is 0.339 e. The molecule has 36 heavy (non-hydrogen) atoms. The van der Waals surface area contributed by atoms with E-state index < -0.39 is 5.54 Å². The van der Waals surface area contributed by atoms with E-state index >= 15 is 0 Å². The van der Waals surface area contributed by atoms with Crippen molar-refractivity contribution in [2.45, 2.75) is 25.3 Å². The number of carbonyl (C=O) groups excluding carboxylic acids is 3. The Hall–Kier alpha value is -3.71. The first-order valence-electron chi connectivity index (χ1n) is 12.8. The highest BCUT2D eigenvalue weighted by molar-refractivity contribution is 6.25. The number of carbonyl (C=O) groups is 3. The second-order valence-corrected chi connectivity index (χ2v) is 9.91. The highest BCUT2D eigenvalue weighted by atomic mass is 16.2. The monoisotopic (exact) mass is 482 g/mol. The molecule has 7 nitrogen and oxygen atoms in total. The van der Waals surface area contributed by atoms with E-state index in [9.17, 15) is 14.4 Å². The van der Waals surface area contributed by atoms with Gasteiger partial charge in [0.15, 0.2) is 0 Å². The molecule has 6 rings (SSSR count). The number of amides is 3. The number of hydrogen-bond acceptors (Lipinski definition) is 5. The van der Waals surface area contributed by atoms with Crippen LogP contribution < -0.4 is 4.90 Å². The van der Waals surface area contributed by atoms with Crippen molar-refractivity contribution in [1.82, 2.24) is 14.7 Å². The summed E-state index contributed by atoms with van der Waals surface area (Å²) in [4.78, 5) is 47.8. The van der Waals surface area contributed by atoms with Crippen LogP contribution in [-0.4, -0.2) is 77.4 Å². The van der Waals surface area contributed by atoms with Crippen LogP contribution in [0.2, 0.25) is 0 Å². The van der Waals surface area contributed by atoms with Crippen LogP contribution in [0.5, 0.6) is 0 Å². The molecule has 2 saturated heterocycles. The Balaban J connectivity index is 1.17. The number of hydrogen-bond donors (Lipinski definition) is 0. The van der Waals surface area contributed by atoms with Crippen LogP contribution in [0.3, 0.4) is 0 Å². The van der Waals surface area contributed by atoms with Crippen molar-refractivity contribution in [1.29, 1.82) is 0 Å². The highest BCUT2D eigenvalue weighted by Gasteiger charge is 2.53. The molecule has 3 heterocycles. The molecule has 0 saturated carbocycles. The lowest BCUT2D eigenvalue weighted by atomic mass is 9.85. The maximum atomic E-state index is 13.5. The number of rotatable bonds is 5. The fourth-order valence-corrected chi connectivity index (χ4v) is 6.12. The zero-order chi connectivity index (χ0) is 24.9. The second kappa shape index (κ2) is 8.75. The van der Waals surface area contributed by atoms with Gasteiger partial charge in [0.25, 0.3) is 11.8 Å². The van der Waals surface area contributed by atoms with Crippen LogP contribution in [0, 0.1) is 0 Å². The van der Waals surface area contributed by atoms with Crippen LogP contribution in [0.1, 0.15) is 40.5 Å². The van der Waals surface area contributed by atoms with Crippen molar-refractivity contribution in [3.8, 4) is 0 Å². The summed E-state index contributed by atoms with van der Waals surface area (Å²) in [5, 5.41) is 1.67. The summed E-state index contributed by atoms with van der Waals surface area (Å²) in [7, 11) is 0. The van der Waals surface area contributed by atoms with Gasteiger partial charge in [-0.2, -0.15) is 0 Å². The summed E-state index contributed by atoms with van der Waals surface area (Å²) in [6, 6.07) is 21.4. The molecule has 3 aromatic rings. The van der Waals surface area contributed by atoms with E-state index in [1.54, 1.807) is 0 Å². The number of benzene rings is 3. The van der Waals surface area contributed by atoms with Crippen molar-refractivity contribution in [2.24, 2.45) is 0 Å². The standard InChI is InChI=1S/C29H30N4O3/c1-2-31-20-33(22-10-4-3-5-11-22)29(28(31)36)14-16-30(17-15-29)18-19-32-26(34)23-12-6-8-21-9-7-13-24(25(21)23)27(32)35/h3-13H,2,14-20H2,1H3. The van der Waals surface area contributed by atoms with Crippen LogP contribution in [0.15, 0.2) is 66.7 Å². The van der Waals surface area contributed by atoms with Crippen LogP contribution in [0.4, 0.5) is 5.69 Å². The SMILES string of the molecule is CCN1CN(c2ccccc2)C2(CCN(CCN3C(=O)c4cccc5cccc(c45)C3=O)CC2)C1=O. The normalized spacial score (nSPS) is 19.7. The van der Waals surface area contributed by atoms with Gasteiger partial charge in [0.1, 0.15) is 5.54 Å². The smallest absolute Gasteiger partial charge is 0.261 e. The van der Waals surface area contributed by atoms with E-state index in [1.807, 2.05) is 66.4 Å². The molecule has 2 fully saturated rings. The lowest BCUT2D eigenvalue weighted by Crippen LogP contribution is -2.57. The number of likely N-dealkylation sites (N-methyl/N-ethyl adjacent to an activating group) is 1. The molecule has 0 unspecified atom stereocenters. The van der Waals surface area contributed by atoms with Crippen molar-refractivity contribution in [3.63, 3.8) is 0 Å². The van der Waals surface area contributed by atoms with Gasteiger partial charge in [-0.15, -0.1) is 0 Å². The number of anilines is 1. The minimum atomic E-state index is -0.529. The predicted octanol–water partition coefficient (Wildman–Crippen LogP) is 3.60. The third-order valence-corrected chi connectivity index (χ3v) is 8.14. The minimum absolute atomic E-state index is 0.208. The Morgan fingerprint density at radius 1 is 0.778 bits per heavy atom. The molecule has 0 atom stereocenters. The topological polar surface area (TPSA) is 64.2 Å². The van der Waals surface area contributed by atoms with Gasteiger partial charge in [0.2, 0.25) is 5.91 Å². The fourth-order valence-electron chi connectivity index (χ4n) is 6.12. The lowest BCUT2D eigenvalue weighted by molar-refractivity contribution is -0.133. The summed E-state index contributed by atoms with van der Waals surface area (Å²) >= 11 is 0. The molecule has 0 N–H and O–H groups in total. The van der Waals surface area contributed by atoms with Crippen LogP contribution >= 0.6 is 0 Å². The molecule has 184 valence electrons. The first-order chi connectivity index (χ1) is 17.5. The maximum Gasteiger partial charge on any atom is 0.261 e. The van der Waals surface area contributed by atoms with Gasteiger partial charge in [-0.25, -0.2) is 0 Å². The summed E-state index contributed by atoms with van der Waals surface area (Å²) in [5.74, 6) is -0.241. The highest BCUT2D eigenvalue weighted by Crippen LogP contribution is 2.39. The predicted molar refractivity (Wildman–Crippen MR) is 139 cm³/mol. The average molecular weight is 483 g/mol. The summed E-state index contributed by atoms with van der Waals surface area (Å²) in [6.07, 6.45) is 1.45. The second-order valence-electron chi connectivity index (χ2n) is 9.91. The van der Waals surface area contributed by atoms with Gasteiger partial charge in [0, 0.05) is 54.9 Å². The van der Waals surface area contributed by atoms with Gasteiger partial charge in [0.05, 0.1) is 6.67 Å². The van der Waals surface area contributed by atoms with Crippen LogP contribution in [0.25, 0.3) is 10.8 Å². The van der Waals surface area contributed by atoms with Crippen LogP contribution in [-0.2, 0) is 4.79 Å². The van der Waals surface area contributed by atoms with E-state index in [4.69, 9.17) is 0 Å². The average Bonchev–Trinajstić information content (AvgIpc) is 3.19. The third-order valence-electron chi connectivity index (χ3n) is 8.14. The Labute approximate surface area is 210 Å². The van der Waals surface area contributed by atoms with E-state index in [2.05, 4.69) is 21.9 Å². The number of likely N-dealkylation sites (tertiary alicyclic amines) is 1. The molecule has 0 aromatic heterocycles. The van der Waals surface area contributed by atoms with Gasteiger partial charge >= 0.3 is 0 Å². The maximum absolute atomic E-state index is 13.5. The quantitative estimate of drug-likeness (QED) is 0.520. The lowest BCUT2D eigenvalue weighted by Gasteiger charge is -2.43. The summed E-state index contributed by atoms with van der Waals surface area (Å²) < 4.78 is 0. The van der Waals surface area contributed by atoms with E-state index in [0.717, 1.165) is 42.4 Å². The Morgan fingerprint density at radius 2 is 1.42 bits per heavy atom. The first kappa shape index (κ1) is 22.7. The summed E-state index contributed by atoms with van der Waals surface area (Å²) in [5.41, 5.74) is 1.73. The number of imide groups is 1. The molecule has 3 aromatic carbocycles. The molecular formula is C29H30N4O3. The van der Waals surface area contributed by atoms with Gasteiger partial charge in [-0.05, 0) is 49.4 Å². The fraction of sp³-hybridized carbons (Fsp3) is 0.345. The molecule has 3 amide bonds. The molecule has 3 aliphatic rings. The van der Waals surface area contributed by atoms with Gasteiger partial charge < -0.3 is 14.7 Å². The zero-order valence-corrected chi connectivity index (χ0v) is 20.5. The number of nitrogens with zero attached hydrogens (tertiary/aromatic N) is 4. The molecule has 0 radical (unpaired) electrons. The molecule has 0 bridgehead atoms. The van der Waals surface area contributed by atoms with Gasteiger partial charge in [-0.3, -0.25) is 19.3 Å².